The van der Waals surface area contributed by atoms with E-state index in [1.807, 2.05) is 20.8 Å². The van der Waals surface area contributed by atoms with Crippen molar-refractivity contribution in [2.24, 2.45) is 5.92 Å². The predicted molar refractivity (Wildman–Crippen MR) is 70.5 cm³/mol. The van der Waals surface area contributed by atoms with Crippen molar-refractivity contribution in [1.29, 1.82) is 0 Å². The van der Waals surface area contributed by atoms with E-state index >= 15 is 0 Å². The highest BCUT2D eigenvalue weighted by Gasteiger charge is 2.21. The molecule has 4 heteroatoms. The number of carbonyl (C=O) groups excluding carboxylic acids is 1. The second-order valence-corrected chi connectivity index (χ2v) is 5.19. The maximum Gasteiger partial charge on any atom is 0.257 e. The summed E-state index contributed by atoms with van der Waals surface area (Å²) in [6, 6.07) is 4.57. The van der Waals surface area contributed by atoms with Gasteiger partial charge >= 0.3 is 0 Å². The summed E-state index contributed by atoms with van der Waals surface area (Å²) in [4.78, 5) is 13.9. The zero-order valence-corrected chi connectivity index (χ0v) is 11.9. The van der Waals surface area contributed by atoms with Crippen LogP contribution in [0.2, 0.25) is 0 Å². The Labute approximate surface area is 110 Å². The van der Waals surface area contributed by atoms with Crippen LogP contribution in [0.15, 0.2) is 22.7 Å². The molecule has 0 spiro atoms. The Morgan fingerprint density at radius 3 is 2.59 bits per heavy atom. The first-order valence-corrected chi connectivity index (χ1v) is 6.50. The van der Waals surface area contributed by atoms with Gasteiger partial charge in [0.25, 0.3) is 5.91 Å². The fourth-order valence-corrected chi connectivity index (χ4v) is 2.17. The van der Waals surface area contributed by atoms with Crippen molar-refractivity contribution in [3.05, 3.63) is 34.1 Å². The predicted octanol–water partition coefficient (Wildman–Crippen LogP) is 3.71. The molecule has 0 fully saturated rings. The second kappa shape index (κ2) is 6.15. The highest BCUT2D eigenvalue weighted by atomic mass is 79.9. The lowest BCUT2D eigenvalue weighted by molar-refractivity contribution is 0.0740. The number of rotatable bonds is 4. The van der Waals surface area contributed by atoms with Crippen LogP contribution in [0.4, 0.5) is 4.39 Å². The quantitative estimate of drug-likeness (QED) is 0.830. The Bertz CT molecular complexity index is 386. The molecule has 1 rings (SSSR count). The smallest absolute Gasteiger partial charge is 0.257 e. The number of hydrogen-bond donors (Lipinski definition) is 0. The molecule has 2 nitrogen and oxygen atoms in total. The molecule has 0 bridgehead atoms. The minimum absolute atomic E-state index is 0.120. The minimum atomic E-state index is -0.480. The van der Waals surface area contributed by atoms with Gasteiger partial charge in [-0.1, -0.05) is 19.9 Å². The van der Waals surface area contributed by atoms with Gasteiger partial charge in [-0.3, -0.25) is 4.79 Å². The van der Waals surface area contributed by atoms with Gasteiger partial charge in [0, 0.05) is 17.6 Å². The Balaban J connectivity index is 3.02. The lowest BCUT2D eigenvalue weighted by atomic mass is 10.1. The van der Waals surface area contributed by atoms with Gasteiger partial charge in [0.1, 0.15) is 5.82 Å². The van der Waals surface area contributed by atoms with E-state index < -0.39 is 5.82 Å². The van der Waals surface area contributed by atoms with E-state index in [9.17, 15) is 9.18 Å². The van der Waals surface area contributed by atoms with Gasteiger partial charge in [-0.15, -0.1) is 0 Å². The summed E-state index contributed by atoms with van der Waals surface area (Å²) in [7, 11) is 0. The molecule has 0 saturated heterocycles. The van der Waals surface area contributed by atoms with Crippen LogP contribution in [0.25, 0.3) is 0 Å². The van der Waals surface area contributed by atoms with Gasteiger partial charge in [0.15, 0.2) is 0 Å². The Hall–Kier alpha value is -0.900. The number of amides is 1. The first-order valence-electron chi connectivity index (χ1n) is 5.70. The van der Waals surface area contributed by atoms with Crippen molar-refractivity contribution < 1.29 is 9.18 Å². The third-order valence-electron chi connectivity index (χ3n) is 2.43. The molecule has 0 aliphatic rings. The largest absolute Gasteiger partial charge is 0.339 e. The van der Waals surface area contributed by atoms with E-state index in [-0.39, 0.29) is 11.5 Å². The molecule has 0 atom stereocenters. The van der Waals surface area contributed by atoms with Crippen molar-refractivity contribution >= 4 is 21.8 Å². The van der Waals surface area contributed by atoms with E-state index in [1.165, 1.54) is 6.07 Å². The van der Waals surface area contributed by atoms with Gasteiger partial charge in [-0.05, 0) is 40.9 Å². The van der Waals surface area contributed by atoms with Crippen LogP contribution in [0.3, 0.4) is 0 Å². The second-order valence-electron chi connectivity index (χ2n) is 4.33. The van der Waals surface area contributed by atoms with Crippen LogP contribution in [-0.4, -0.2) is 23.9 Å². The fourth-order valence-electron chi connectivity index (χ4n) is 1.66. The summed E-state index contributed by atoms with van der Waals surface area (Å²) >= 11 is 3.22. The van der Waals surface area contributed by atoms with E-state index in [0.717, 1.165) is 0 Å². The maximum atomic E-state index is 13.7. The topological polar surface area (TPSA) is 20.3 Å². The molecule has 0 unspecified atom stereocenters. The summed E-state index contributed by atoms with van der Waals surface area (Å²) < 4.78 is 14.2. The van der Waals surface area contributed by atoms with Crippen molar-refractivity contribution in [3.63, 3.8) is 0 Å². The molecule has 0 radical (unpaired) electrons. The lowest BCUT2D eigenvalue weighted by Crippen LogP contribution is -2.34. The van der Waals surface area contributed by atoms with Gasteiger partial charge < -0.3 is 4.90 Å². The maximum absolute atomic E-state index is 13.7. The van der Waals surface area contributed by atoms with E-state index in [1.54, 1.807) is 17.0 Å². The van der Waals surface area contributed by atoms with Crippen LogP contribution in [0, 0.1) is 11.7 Å². The van der Waals surface area contributed by atoms with Gasteiger partial charge in [-0.2, -0.15) is 0 Å². The van der Waals surface area contributed by atoms with Gasteiger partial charge in [-0.25, -0.2) is 4.39 Å². The van der Waals surface area contributed by atoms with Crippen molar-refractivity contribution in [1.82, 2.24) is 4.90 Å². The Morgan fingerprint density at radius 2 is 2.12 bits per heavy atom. The molecule has 0 aliphatic heterocycles. The zero-order valence-electron chi connectivity index (χ0n) is 10.3. The number of benzene rings is 1. The number of carbonyl (C=O) groups is 1. The minimum Gasteiger partial charge on any atom is -0.339 e. The average molecular weight is 302 g/mol. The molecule has 0 aromatic heterocycles. The SMILES string of the molecule is CCN(CC(C)C)C(=O)c1c(F)cccc1Br. The molecule has 0 aliphatic carbocycles. The average Bonchev–Trinajstić information content (AvgIpc) is 2.25. The van der Waals surface area contributed by atoms with Crippen LogP contribution >= 0.6 is 15.9 Å². The molecule has 1 aromatic rings. The normalized spacial score (nSPS) is 10.7. The van der Waals surface area contributed by atoms with Crippen molar-refractivity contribution in [2.45, 2.75) is 20.8 Å². The highest BCUT2D eigenvalue weighted by Crippen LogP contribution is 2.21. The monoisotopic (exact) mass is 301 g/mol. The molecule has 1 aromatic carbocycles. The molecule has 0 N–H and O–H groups in total. The number of nitrogens with zero attached hydrogens (tertiary/aromatic N) is 1. The van der Waals surface area contributed by atoms with Crippen LogP contribution < -0.4 is 0 Å². The molecular weight excluding hydrogens is 285 g/mol. The third kappa shape index (κ3) is 3.53. The van der Waals surface area contributed by atoms with Crippen LogP contribution in [-0.2, 0) is 0 Å². The van der Waals surface area contributed by atoms with Crippen molar-refractivity contribution in [3.8, 4) is 0 Å². The standard InChI is InChI=1S/C13H17BrFNO/c1-4-16(8-9(2)3)13(17)12-10(14)6-5-7-11(12)15/h5-7,9H,4,8H2,1-3H3. The van der Waals surface area contributed by atoms with E-state index in [4.69, 9.17) is 0 Å². The molecular formula is C13H17BrFNO. The molecule has 1 amide bonds. The molecule has 94 valence electrons. The van der Waals surface area contributed by atoms with Gasteiger partial charge in [0.05, 0.1) is 5.56 Å². The fraction of sp³-hybridized carbons (Fsp3) is 0.462. The van der Waals surface area contributed by atoms with Crippen LogP contribution in [0.5, 0.6) is 0 Å². The summed E-state index contributed by atoms with van der Waals surface area (Å²) in [5, 5.41) is 0. The van der Waals surface area contributed by atoms with E-state index in [0.29, 0.717) is 23.5 Å². The molecule has 17 heavy (non-hydrogen) atoms. The molecule has 0 saturated carbocycles. The summed E-state index contributed by atoms with van der Waals surface area (Å²) in [6.45, 7) is 7.18. The van der Waals surface area contributed by atoms with Gasteiger partial charge in [0.2, 0.25) is 0 Å². The zero-order chi connectivity index (χ0) is 13.0. The Kier molecular flexibility index (Phi) is 5.12. The summed E-state index contributed by atoms with van der Waals surface area (Å²) in [6.07, 6.45) is 0. The summed E-state index contributed by atoms with van der Waals surface area (Å²) in [5.41, 5.74) is 0.120. The Morgan fingerprint density at radius 1 is 1.47 bits per heavy atom. The first-order chi connectivity index (χ1) is 7.97. The summed E-state index contributed by atoms with van der Waals surface area (Å²) in [5.74, 6) is -0.373. The van der Waals surface area contributed by atoms with Crippen molar-refractivity contribution in [2.75, 3.05) is 13.1 Å². The van der Waals surface area contributed by atoms with E-state index in [2.05, 4.69) is 15.9 Å². The van der Waals surface area contributed by atoms with Crippen LogP contribution in [0.1, 0.15) is 31.1 Å². The lowest BCUT2D eigenvalue weighted by Gasteiger charge is -2.23. The number of halogens is 2. The third-order valence-corrected chi connectivity index (χ3v) is 3.09. The molecule has 0 heterocycles. The highest BCUT2D eigenvalue weighted by molar-refractivity contribution is 9.10. The number of hydrogen-bond acceptors (Lipinski definition) is 1. The first kappa shape index (κ1) is 14.2.